The van der Waals surface area contributed by atoms with Crippen LogP contribution in [0.1, 0.15) is 151 Å². The van der Waals surface area contributed by atoms with E-state index >= 15 is 0 Å². The number of carbonyl (C=O) groups excluding carboxylic acids is 2. The standard InChI is InChI=1S/C22H43NO2.2C2H6/c1-4-5-6-7-8-9-10-11-12-13-14-15-16-17-22(25)23-20(2)18-19-21(3)24;2*1-2/h20H,4-19H2,1-3H3,(H,23,25);2*1-2H3. The Morgan fingerprint density at radius 3 is 1.41 bits per heavy atom. The van der Waals surface area contributed by atoms with Gasteiger partial charge in [0.25, 0.3) is 0 Å². The molecule has 176 valence electrons. The summed E-state index contributed by atoms with van der Waals surface area (Å²) in [6.45, 7) is 13.8. The van der Waals surface area contributed by atoms with E-state index in [0.29, 0.717) is 12.8 Å². The van der Waals surface area contributed by atoms with Gasteiger partial charge in [-0.2, -0.15) is 0 Å². The number of rotatable bonds is 18. The van der Waals surface area contributed by atoms with Gasteiger partial charge in [0.05, 0.1) is 0 Å². The molecule has 1 atom stereocenters. The van der Waals surface area contributed by atoms with E-state index in [1.54, 1.807) is 6.92 Å². The van der Waals surface area contributed by atoms with Crippen molar-refractivity contribution in [2.75, 3.05) is 0 Å². The van der Waals surface area contributed by atoms with Gasteiger partial charge < -0.3 is 10.1 Å². The lowest BCUT2D eigenvalue weighted by Gasteiger charge is -2.12. The summed E-state index contributed by atoms with van der Waals surface area (Å²) in [4.78, 5) is 22.7. The fraction of sp³-hybridized carbons (Fsp3) is 0.923. The maximum absolute atomic E-state index is 11.8. The average molecular weight is 414 g/mol. The molecular weight excluding hydrogens is 358 g/mol. The molecule has 1 unspecified atom stereocenters. The zero-order valence-corrected chi connectivity index (χ0v) is 21.2. The molecule has 0 fully saturated rings. The first-order valence-electron chi connectivity index (χ1n) is 12.8. The summed E-state index contributed by atoms with van der Waals surface area (Å²) in [5.41, 5.74) is 0. The minimum absolute atomic E-state index is 0.110. The van der Waals surface area contributed by atoms with Crippen molar-refractivity contribution in [2.24, 2.45) is 0 Å². The van der Waals surface area contributed by atoms with E-state index in [2.05, 4.69) is 12.2 Å². The molecule has 0 spiro atoms. The fourth-order valence-electron chi connectivity index (χ4n) is 3.14. The van der Waals surface area contributed by atoms with Crippen LogP contribution in [-0.2, 0) is 9.59 Å². The van der Waals surface area contributed by atoms with Gasteiger partial charge in [-0.25, -0.2) is 0 Å². The lowest BCUT2D eigenvalue weighted by molar-refractivity contribution is -0.122. The molecule has 1 amide bonds. The van der Waals surface area contributed by atoms with Gasteiger partial charge in [-0.05, 0) is 26.7 Å². The first-order chi connectivity index (χ1) is 14.1. The van der Waals surface area contributed by atoms with Gasteiger partial charge in [0.15, 0.2) is 0 Å². The van der Waals surface area contributed by atoms with Crippen molar-refractivity contribution in [3.05, 3.63) is 0 Å². The molecule has 3 nitrogen and oxygen atoms in total. The number of ketones is 1. The van der Waals surface area contributed by atoms with Gasteiger partial charge >= 0.3 is 0 Å². The highest BCUT2D eigenvalue weighted by atomic mass is 16.1. The fourth-order valence-corrected chi connectivity index (χ4v) is 3.14. The van der Waals surface area contributed by atoms with Crippen molar-refractivity contribution in [3.8, 4) is 0 Å². The monoisotopic (exact) mass is 413 g/mol. The molecule has 0 aliphatic heterocycles. The third kappa shape index (κ3) is 32.0. The molecular formula is C26H55NO2. The molecule has 0 saturated heterocycles. The predicted octanol–water partition coefficient (Wildman–Crippen LogP) is 8.39. The predicted molar refractivity (Wildman–Crippen MR) is 131 cm³/mol. The van der Waals surface area contributed by atoms with Crippen LogP contribution >= 0.6 is 0 Å². The zero-order chi connectivity index (χ0) is 22.8. The van der Waals surface area contributed by atoms with E-state index in [-0.39, 0.29) is 17.7 Å². The summed E-state index contributed by atoms with van der Waals surface area (Å²) in [6.07, 6.45) is 19.2. The first-order valence-corrected chi connectivity index (χ1v) is 12.8. The van der Waals surface area contributed by atoms with Gasteiger partial charge in [-0.3, -0.25) is 4.79 Å². The maximum atomic E-state index is 11.8. The Bertz CT molecular complexity index is 329. The summed E-state index contributed by atoms with van der Waals surface area (Å²) in [5.74, 6) is 0.330. The normalized spacial score (nSPS) is 10.9. The van der Waals surface area contributed by atoms with Crippen LogP contribution in [0.4, 0.5) is 0 Å². The van der Waals surface area contributed by atoms with Crippen LogP contribution in [0.25, 0.3) is 0 Å². The van der Waals surface area contributed by atoms with Crippen LogP contribution in [0.15, 0.2) is 0 Å². The molecule has 1 N–H and O–H groups in total. The van der Waals surface area contributed by atoms with Crippen molar-refractivity contribution in [2.45, 2.75) is 157 Å². The van der Waals surface area contributed by atoms with Gasteiger partial charge in [0.2, 0.25) is 5.91 Å². The molecule has 0 rings (SSSR count). The Kier molecular flexibility index (Phi) is 33.2. The van der Waals surface area contributed by atoms with Crippen LogP contribution in [0, 0.1) is 0 Å². The smallest absolute Gasteiger partial charge is 0.220 e. The number of unbranched alkanes of at least 4 members (excludes halogenated alkanes) is 12. The maximum Gasteiger partial charge on any atom is 0.220 e. The molecule has 0 radical (unpaired) electrons. The Morgan fingerprint density at radius 1 is 0.655 bits per heavy atom. The summed E-state index contributed by atoms with van der Waals surface area (Å²) >= 11 is 0. The largest absolute Gasteiger partial charge is 0.354 e. The highest BCUT2D eigenvalue weighted by Gasteiger charge is 2.07. The zero-order valence-electron chi connectivity index (χ0n) is 21.2. The molecule has 0 aromatic rings. The van der Waals surface area contributed by atoms with Crippen LogP contribution < -0.4 is 5.32 Å². The molecule has 0 aliphatic rings. The van der Waals surface area contributed by atoms with Crippen molar-refractivity contribution < 1.29 is 9.59 Å². The molecule has 0 aromatic carbocycles. The first kappa shape index (κ1) is 32.8. The molecule has 0 aliphatic carbocycles. The SMILES string of the molecule is CC.CC.CCCCCCCCCCCCCCCC(=O)NC(C)CCC(C)=O. The lowest BCUT2D eigenvalue weighted by Crippen LogP contribution is -2.32. The Morgan fingerprint density at radius 2 is 1.03 bits per heavy atom. The van der Waals surface area contributed by atoms with Crippen LogP contribution in [0.2, 0.25) is 0 Å². The summed E-state index contributed by atoms with van der Waals surface area (Å²) < 4.78 is 0. The van der Waals surface area contributed by atoms with E-state index in [1.807, 2.05) is 34.6 Å². The van der Waals surface area contributed by atoms with Gasteiger partial charge in [0, 0.05) is 18.9 Å². The number of carbonyl (C=O) groups is 2. The van der Waals surface area contributed by atoms with Gasteiger partial charge in [-0.1, -0.05) is 112 Å². The number of amides is 1. The third-order valence-electron chi connectivity index (χ3n) is 4.84. The number of nitrogens with one attached hydrogen (secondary N) is 1. The second-order valence-electron chi connectivity index (χ2n) is 7.70. The topological polar surface area (TPSA) is 46.2 Å². The minimum atomic E-state index is 0.110. The summed E-state index contributed by atoms with van der Waals surface area (Å²) in [7, 11) is 0. The number of Topliss-reactive ketones (excluding diaryl/α,β-unsaturated/α-hetero) is 1. The molecule has 29 heavy (non-hydrogen) atoms. The lowest BCUT2D eigenvalue weighted by atomic mass is 10.0. The molecule has 0 saturated carbocycles. The minimum Gasteiger partial charge on any atom is -0.354 e. The van der Waals surface area contributed by atoms with E-state index in [4.69, 9.17) is 0 Å². The average Bonchev–Trinajstić information content (AvgIpc) is 2.73. The molecule has 0 bridgehead atoms. The Balaban J connectivity index is -0.00000158. The Labute approximate surface area is 184 Å². The molecule has 3 heteroatoms. The van der Waals surface area contributed by atoms with Crippen LogP contribution in [0.3, 0.4) is 0 Å². The van der Waals surface area contributed by atoms with Crippen LogP contribution in [-0.4, -0.2) is 17.7 Å². The summed E-state index contributed by atoms with van der Waals surface area (Å²) in [5, 5.41) is 2.99. The second-order valence-corrected chi connectivity index (χ2v) is 7.70. The van der Waals surface area contributed by atoms with Crippen LogP contribution in [0.5, 0.6) is 0 Å². The molecule has 0 aromatic heterocycles. The second kappa shape index (κ2) is 29.3. The van der Waals surface area contributed by atoms with Gasteiger partial charge in [-0.15, -0.1) is 0 Å². The summed E-state index contributed by atoms with van der Waals surface area (Å²) in [6, 6.07) is 0.110. The van der Waals surface area contributed by atoms with Crippen molar-refractivity contribution in [3.63, 3.8) is 0 Å². The van der Waals surface area contributed by atoms with Crippen molar-refractivity contribution >= 4 is 11.7 Å². The quantitative estimate of drug-likeness (QED) is 0.229. The third-order valence-corrected chi connectivity index (χ3v) is 4.84. The highest BCUT2D eigenvalue weighted by molar-refractivity contribution is 5.77. The van der Waals surface area contributed by atoms with E-state index in [1.165, 1.54) is 70.6 Å². The van der Waals surface area contributed by atoms with E-state index in [0.717, 1.165) is 19.3 Å². The highest BCUT2D eigenvalue weighted by Crippen LogP contribution is 2.13. The molecule has 0 heterocycles. The van der Waals surface area contributed by atoms with Crippen molar-refractivity contribution in [1.82, 2.24) is 5.32 Å². The van der Waals surface area contributed by atoms with E-state index in [9.17, 15) is 9.59 Å². The number of hydrogen-bond acceptors (Lipinski definition) is 2. The number of hydrogen-bond donors (Lipinski definition) is 1. The van der Waals surface area contributed by atoms with Crippen molar-refractivity contribution in [1.29, 1.82) is 0 Å². The van der Waals surface area contributed by atoms with Gasteiger partial charge in [0.1, 0.15) is 5.78 Å². The Hall–Kier alpha value is -0.860. The van der Waals surface area contributed by atoms with E-state index < -0.39 is 0 Å².